The molecule has 1 aromatic heterocycles. The summed E-state index contributed by atoms with van der Waals surface area (Å²) >= 11 is 0. The van der Waals surface area contributed by atoms with Gasteiger partial charge in [-0.1, -0.05) is 0 Å². The average molecular weight is 491 g/mol. The molecule has 11 nitrogen and oxygen atoms in total. The molecule has 2 heterocycles. The number of rotatable bonds is 8. The number of methoxy groups -OCH3 is 2. The average Bonchev–Trinajstić information content (AvgIpc) is 3.10. The minimum absolute atomic E-state index is 0.0796. The molecule has 0 unspecified atom stereocenters. The smallest absolute Gasteiger partial charge is 0.340 e. The van der Waals surface area contributed by atoms with Gasteiger partial charge < -0.3 is 29.2 Å². The first-order valence-corrected chi connectivity index (χ1v) is 10.9. The summed E-state index contributed by atoms with van der Waals surface area (Å²) < 4.78 is 20.1. The Morgan fingerprint density at radius 1 is 0.886 bits per heavy atom. The first-order chi connectivity index (χ1) is 16.4. The lowest BCUT2D eigenvalue weighted by molar-refractivity contribution is -0.153. The molecule has 0 amide bonds. The number of ketones is 1. The molecule has 0 fully saturated rings. The predicted molar refractivity (Wildman–Crippen MR) is 122 cm³/mol. The maximum absolute atomic E-state index is 13.3. The number of hydrogen-bond acceptors (Lipinski definition) is 10. The fourth-order valence-corrected chi connectivity index (χ4v) is 4.00. The van der Waals surface area contributed by atoms with Gasteiger partial charge in [0.05, 0.1) is 43.2 Å². The zero-order chi connectivity index (χ0) is 26.6. The van der Waals surface area contributed by atoms with E-state index in [0.29, 0.717) is 11.3 Å². The van der Waals surface area contributed by atoms with Gasteiger partial charge in [0.15, 0.2) is 6.10 Å². The number of H-pyrrole nitrogens is 1. The van der Waals surface area contributed by atoms with E-state index < -0.39 is 41.7 Å². The summed E-state index contributed by atoms with van der Waals surface area (Å²) in [6, 6.07) is 0. The Bertz CT molecular complexity index is 1100. The van der Waals surface area contributed by atoms with Crippen molar-refractivity contribution in [3.63, 3.8) is 0 Å². The van der Waals surface area contributed by atoms with Gasteiger partial charge in [-0.3, -0.25) is 9.59 Å². The number of dihydropyridines is 1. The Balaban J connectivity index is 2.42. The van der Waals surface area contributed by atoms with Crippen LogP contribution in [0.1, 0.15) is 59.8 Å². The van der Waals surface area contributed by atoms with Crippen LogP contribution in [-0.2, 0) is 33.3 Å². The van der Waals surface area contributed by atoms with Crippen LogP contribution in [-0.4, -0.2) is 61.6 Å². The number of carbonyl (C=O) groups excluding carboxylic acids is 5. The third-order valence-electron chi connectivity index (χ3n) is 5.63. The lowest BCUT2D eigenvalue weighted by Crippen LogP contribution is -2.39. The highest BCUT2D eigenvalue weighted by Crippen LogP contribution is 2.33. The number of aromatic nitrogens is 1. The SMILES string of the molecule is CCOC(=O)c1c(C)[nH]c(C(=O)[C@@H](C)OC(=O)C2C(C(=O)OC)=C(C)NC(C)=C2C(=O)OC)c1C. The fourth-order valence-electron chi connectivity index (χ4n) is 4.00. The molecule has 2 rings (SSSR count). The number of aryl methyl sites for hydroxylation is 1. The van der Waals surface area contributed by atoms with Crippen LogP contribution in [0.2, 0.25) is 0 Å². The lowest BCUT2D eigenvalue weighted by Gasteiger charge is -2.29. The molecule has 35 heavy (non-hydrogen) atoms. The molecule has 0 aliphatic carbocycles. The molecular weight excluding hydrogens is 460 g/mol. The number of aromatic amines is 1. The van der Waals surface area contributed by atoms with Crippen molar-refractivity contribution in [3.05, 3.63) is 45.1 Å². The van der Waals surface area contributed by atoms with Gasteiger partial charge in [0, 0.05) is 17.1 Å². The first kappa shape index (κ1) is 27.4. The number of nitrogens with one attached hydrogen (secondary N) is 2. The predicted octanol–water partition coefficient (Wildman–Crippen LogP) is 2.04. The summed E-state index contributed by atoms with van der Waals surface area (Å²) in [4.78, 5) is 66.5. The molecule has 0 radical (unpaired) electrons. The molecule has 0 saturated carbocycles. The summed E-state index contributed by atoms with van der Waals surface area (Å²) in [5.74, 6) is -5.38. The quantitative estimate of drug-likeness (QED) is 0.315. The summed E-state index contributed by atoms with van der Waals surface area (Å²) in [5, 5.41) is 2.87. The van der Waals surface area contributed by atoms with Gasteiger partial charge in [0.2, 0.25) is 5.78 Å². The first-order valence-electron chi connectivity index (χ1n) is 10.9. The highest BCUT2D eigenvalue weighted by atomic mass is 16.6. The van der Waals surface area contributed by atoms with Crippen LogP contribution in [0.15, 0.2) is 22.5 Å². The number of ether oxygens (including phenoxy) is 4. The second-order valence-electron chi connectivity index (χ2n) is 7.91. The van der Waals surface area contributed by atoms with Crippen LogP contribution in [0, 0.1) is 19.8 Å². The molecule has 11 heteroatoms. The highest BCUT2D eigenvalue weighted by molar-refractivity contribution is 6.07. The van der Waals surface area contributed by atoms with Crippen molar-refractivity contribution in [2.24, 2.45) is 5.92 Å². The largest absolute Gasteiger partial charge is 0.466 e. The van der Waals surface area contributed by atoms with Gasteiger partial charge in [0.1, 0.15) is 5.92 Å². The maximum atomic E-state index is 13.3. The molecule has 0 saturated heterocycles. The second-order valence-corrected chi connectivity index (χ2v) is 7.91. The Hall–Kier alpha value is -3.89. The van der Waals surface area contributed by atoms with Crippen molar-refractivity contribution in [2.75, 3.05) is 20.8 Å². The Kier molecular flexibility index (Phi) is 8.62. The maximum Gasteiger partial charge on any atom is 0.340 e. The number of esters is 4. The van der Waals surface area contributed by atoms with Gasteiger partial charge in [-0.05, 0) is 47.1 Å². The monoisotopic (exact) mass is 490 g/mol. The minimum atomic E-state index is -1.48. The summed E-state index contributed by atoms with van der Waals surface area (Å²) in [6.07, 6.45) is -1.32. The minimum Gasteiger partial charge on any atom is -0.466 e. The molecule has 0 bridgehead atoms. The van der Waals surface area contributed by atoms with Crippen LogP contribution in [0.25, 0.3) is 0 Å². The molecule has 1 aliphatic heterocycles. The van der Waals surface area contributed by atoms with E-state index in [-0.39, 0.29) is 40.4 Å². The number of Topliss-reactive ketones (excluding diaryl/α,β-unsaturated/α-hetero) is 1. The molecule has 1 aliphatic rings. The van der Waals surface area contributed by atoms with Crippen LogP contribution in [0.5, 0.6) is 0 Å². The van der Waals surface area contributed by atoms with Crippen LogP contribution in [0.3, 0.4) is 0 Å². The third-order valence-corrected chi connectivity index (χ3v) is 5.63. The number of carbonyl (C=O) groups is 5. The molecule has 0 aromatic carbocycles. The molecule has 190 valence electrons. The van der Waals surface area contributed by atoms with Gasteiger partial charge in [0.25, 0.3) is 0 Å². The second kappa shape index (κ2) is 11.0. The van der Waals surface area contributed by atoms with Crippen molar-refractivity contribution in [2.45, 2.75) is 47.6 Å². The van der Waals surface area contributed by atoms with E-state index >= 15 is 0 Å². The van der Waals surface area contributed by atoms with E-state index in [9.17, 15) is 24.0 Å². The molecule has 2 N–H and O–H groups in total. The van der Waals surface area contributed by atoms with E-state index in [2.05, 4.69) is 10.3 Å². The topological polar surface area (TPSA) is 150 Å². The van der Waals surface area contributed by atoms with E-state index in [0.717, 1.165) is 14.2 Å². The van der Waals surface area contributed by atoms with Gasteiger partial charge in [-0.25, -0.2) is 14.4 Å². The number of hydrogen-bond donors (Lipinski definition) is 2. The number of allylic oxidation sites excluding steroid dienone is 2. The third kappa shape index (κ3) is 5.28. The zero-order valence-corrected chi connectivity index (χ0v) is 21.0. The Labute approximate surface area is 202 Å². The van der Waals surface area contributed by atoms with Crippen LogP contribution >= 0.6 is 0 Å². The van der Waals surface area contributed by atoms with Crippen molar-refractivity contribution in [1.82, 2.24) is 10.3 Å². The standard InChI is InChI=1S/C24H30N2O9/c1-9-34-23(30)15-10(2)19(26-11(15)3)20(27)14(6)35-24(31)18-16(21(28)32-7)12(4)25-13(5)17(18)22(29)33-8/h14,18,25-26H,9H2,1-8H3/t14-/m1/s1. The van der Waals surface area contributed by atoms with Crippen molar-refractivity contribution in [3.8, 4) is 0 Å². The normalized spacial score (nSPS) is 14.7. The van der Waals surface area contributed by atoms with Gasteiger partial charge >= 0.3 is 23.9 Å². The van der Waals surface area contributed by atoms with Crippen molar-refractivity contribution < 1.29 is 42.9 Å². The highest BCUT2D eigenvalue weighted by Gasteiger charge is 2.43. The van der Waals surface area contributed by atoms with Gasteiger partial charge in [-0.2, -0.15) is 0 Å². The van der Waals surface area contributed by atoms with Crippen LogP contribution < -0.4 is 5.32 Å². The van der Waals surface area contributed by atoms with Gasteiger partial charge in [-0.15, -0.1) is 0 Å². The van der Waals surface area contributed by atoms with Crippen molar-refractivity contribution in [1.29, 1.82) is 0 Å². The Morgan fingerprint density at radius 2 is 1.40 bits per heavy atom. The summed E-state index contributed by atoms with van der Waals surface area (Å²) in [5.41, 5.74) is 1.39. The fraction of sp³-hybridized carbons (Fsp3) is 0.458. The van der Waals surface area contributed by atoms with Crippen molar-refractivity contribution >= 4 is 29.7 Å². The summed E-state index contributed by atoms with van der Waals surface area (Å²) in [7, 11) is 2.27. The molecule has 0 spiro atoms. The molecular formula is C24H30N2O9. The van der Waals surface area contributed by atoms with Crippen LogP contribution in [0.4, 0.5) is 0 Å². The van der Waals surface area contributed by atoms with E-state index in [1.807, 2.05) is 0 Å². The molecule has 1 aromatic rings. The summed E-state index contributed by atoms with van der Waals surface area (Å²) in [6.45, 7) is 9.47. The Morgan fingerprint density at radius 3 is 1.86 bits per heavy atom. The van der Waals surface area contributed by atoms with E-state index in [1.54, 1.807) is 34.6 Å². The van der Waals surface area contributed by atoms with E-state index in [4.69, 9.17) is 18.9 Å². The molecule has 1 atom stereocenters. The zero-order valence-electron chi connectivity index (χ0n) is 21.0. The van der Waals surface area contributed by atoms with E-state index in [1.165, 1.54) is 6.92 Å². The lowest BCUT2D eigenvalue weighted by atomic mass is 9.85.